The Balaban J connectivity index is 1.74. The van der Waals surface area contributed by atoms with Crippen molar-refractivity contribution in [2.75, 3.05) is 24.2 Å². The van der Waals surface area contributed by atoms with Crippen LogP contribution in [0, 0.1) is 19.8 Å². The predicted octanol–water partition coefficient (Wildman–Crippen LogP) is 4.44. The molecule has 0 saturated carbocycles. The first-order chi connectivity index (χ1) is 14.9. The predicted molar refractivity (Wildman–Crippen MR) is 128 cm³/mol. The van der Waals surface area contributed by atoms with Crippen molar-refractivity contribution in [3.8, 4) is 0 Å². The van der Waals surface area contributed by atoms with E-state index in [9.17, 15) is 4.79 Å². The third kappa shape index (κ3) is 5.97. The van der Waals surface area contributed by atoms with Crippen LogP contribution in [0.1, 0.15) is 48.7 Å². The number of fused-ring (bicyclic) bond motifs is 1. The molecule has 0 unspecified atom stereocenters. The van der Waals surface area contributed by atoms with E-state index in [1.165, 1.54) is 5.56 Å². The van der Waals surface area contributed by atoms with Crippen molar-refractivity contribution in [3.63, 3.8) is 0 Å². The number of amides is 1. The van der Waals surface area contributed by atoms with Gasteiger partial charge < -0.3 is 10.6 Å². The normalized spacial score (nSPS) is 11.3. The van der Waals surface area contributed by atoms with Gasteiger partial charge in [-0.25, -0.2) is 14.6 Å². The van der Waals surface area contributed by atoms with Crippen LogP contribution in [-0.2, 0) is 6.54 Å². The molecule has 2 N–H and O–H groups in total. The lowest BCUT2D eigenvalue weighted by Gasteiger charge is -2.11. The Morgan fingerprint density at radius 2 is 2.00 bits per heavy atom. The quantitative estimate of drug-likeness (QED) is 0.358. The van der Waals surface area contributed by atoms with Crippen LogP contribution in [0.15, 0.2) is 29.6 Å². The Morgan fingerprint density at radius 3 is 2.71 bits per heavy atom. The molecule has 1 aromatic carbocycles. The van der Waals surface area contributed by atoms with E-state index in [1.807, 2.05) is 36.7 Å². The standard InChI is InChI=1S/C23H32N6OS/c1-6-11-31-23-27-20(25-13-15(2)3)19-14-26-29(21(19)28-23)10-9-24-22(30)18-8-7-16(4)17(5)12-18/h7-8,12,14-15H,6,9-11,13H2,1-5H3,(H,24,30)(H,25,27,28). The monoisotopic (exact) mass is 440 g/mol. The highest BCUT2D eigenvalue weighted by molar-refractivity contribution is 7.99. The summed E-state index contributed by atoms with van der Waals surface area (Å²) < 4.78 is 1.84. The van der Waals surface area contributed by atoms with Gasteiger partial charge in [-0.1, -0.05) is 38.6 Å². The zero-order chi connectivity index (χ0) is 22.4. The fourth-order valence-electron chi connectivity index (χ4n) is 3.05. The zero-order valence-electron chi connectivity index (χ0n) is 19.0. The summed E-state index contributed by atoms with van der Waals surface area (Å²) in [6.45, 7) is 12.4. The van der Waals surface area contributed by atoms with Crippen LogP contribution in [-0.4, -0.2) is 44.5 Å². The van der Waals surface area contributed by atoms with E-state index < -0.39 is 0 Å². The first kappa shape index (κ1) is 23.1. The van der Waals surface area contributed by atoms with E-state index in [-0.39, 0.29) is 5.91 Å². The second-order valence-electron chi connectivity index (χ2n) is 8.14. The molecule has 0 fully saturated rings. The number of hydrogen-bond donors (Lipinski definition) is 2. The van der Waals surface area contributed by atoms with E-state index in [0.29, 0.717) is 24.6 Å². The minimum absolute atomic E-state index is 0.0762. The van der Waals surface area contributed by atoms with Crippen LogP contribution in [0.5, 0.6) is 0 Å². The molecule has 0 radical (unpaired) electrons. The third-order valence-corrected chi connectivity index (χ3v) is 6.02. The van der Waals surface area contributed by atoms with Crippen LogP contribution < -0.4 is 10.6 Å². The van der Waals surface area contributed by atoms with Crippen LogP contribution >= 0.6 is 11.8 Å². The lowest BCUT2D eigenvalue weighted by Crippen LogP contribution is -2.27. The number of anilines is 1. The van der Waals surface area contributed by atoms with Crippen LogP contribution in [0.3, 0.4) is 0 Å². The number of thioether (sulfide) groups is 1. The van der Waals surface area contributed by atoms with Gasteiger partial charge in [-0.05, 0) is 49.4 Å². The summed E-state index contributed by atoms with van der Waals surface area (Å²) in [6.07, 6.45) is 2.86. The van der Waals surface area contributed by atoms with Crippen LogP contribution in [0.4, 0.5) is 5.82 Å². The molecule has 166 valence electrons. The minimum Gasteiger partial charge on any atom is -0.369 e. The topological polar surface area (TPSA) is 84.7 Å². The van der Waals surface area contributed by atoms with E-state index >= 15 is 0 Å². The first-order valence-electron chi connectivity index (χ1n) is 10.8. The molecular weight excluding hydrogens is 408 g/mol. The zero-order valence-corrected chi connectivity index (χ0v) is 19.8. The summed E-state index contributed by atoms with van der Waals surface area (Å²) in [6, 6.07) is 5.76. The molecule has 31 heavy (non-hydrogen) atoms. The van der Waals surface area contributed by atoms with Crippen molar-refractivity contribution in [2.24, 2.45) is 5.92 Å². The van der Waals surface area contributed by atoms with Gasteiger partial charge in [-0.15, -0.1) is 0 Å². The molecule has 0 aliphatic carbocycles. The summed E-state index contributed by atoms with van der Waals surface area (Å²) in [5.74, 6) is 2.22. The molecule has 0 aliphatic rings. The van der Waals surface area contributed by atoms with E-state index in [2.05, 4.69) is 36.5 Å². The summed E-state index contributed by atoms with van der Waals surface area (Å²) in [5.41, 5.74) is 3.76. The third-order valence-electron chi connectivity index (χ3n) is 4.97. The Bertz CT molecular complexity index is 1050. The van der Waals surface area contributed by atoms with E-state index in [4.69, 9.17) is 9.97 Å². The van der Waals surface area contributed by atoms with Crippen molar-refractivity contribution in [1.82, 2.24) is 25.1 Å². The molecule has 0 bridgehead atoms. The van der Waals surface area contributed by atoms with Crippen molar-refractivity contribution in [3.05, 3.63) is 41.1 Å². The average molecular weight is 441 g/mol. The number of benzene rings is 1. The Kier molecular flexibility index (Phi) is 7.90. The second kappa shape index (κ2) is 10.6. The van der Waals surface area contributed by atoms with Crippen molar-refractivity contribution < 1.29 is 4.79 Å². The van der Waals surface area contributed by atoms with Crippen LogP contribution in [0.2, 0.25) is 0 Å². The lowest BCUT2D eigenvalue weighted by atomic mass is 10.1. The maximum atomic E-state index is 12.5. The largest absolute Gasteiger partial charge is 0.369 e. The van der Waals surface area contributed by atoms with Gasteiger partial charge in [0.25, 0.3) is 5.91 Å². The van der Waals surface area contributed by atoms with Gasteiger partial charge in [0.15, 0.2) is 10.8 Å². The summed E-state index contributed by atoms with van der Waals surface area (Å²) >= 11 is 1.65. The highest BCUT2D eigenvalue weighted by Crippen LogP contribution is 2.25. The average Bonchev–Trinajstić information content (AvgIpc) is 3.15. The fourth-order valence-corrected chi connectivity index (χ4v) is 3.75. The second-order valence-corrected chi connectivity index (χ2v) is 9.20. The molecule has 2 heterocycles. The number of nitrogens with zero attached hydrogens (tertiary/aromatic N) is 4. The highest BCUT2D eigenvalue weighted by Gasteiger charge is 2.14. The molecule has 1 amide bonds. The van der Waals surface area contributed by atoms with Crippen LogP contribution in [0.25, 0.3) is 11.0 Å². The van der Waals surface area contributed by atoms with Gasteiger partial charge in [0.2, 0.25) is 0 Å². The lowest BCUT2D eigenvalue weighted by molar-refractivity contribution is 0.0952. The number of carbonyl (C=O) groups is 1. The van der Waals surface area contributed by atoms with Gasteiger partial charge in [0.05, 0.1) is 18.1 Å². The minimum atomic E-state index is -0.0762. The van der Waals surface area contributed by atoms with Gasteiger partial charge in [-0.2, -0.15) is 5.10 Å². The first-order valence-corrected chi connectivity index (χ1v) is 11.8. The SMILES string of the molecule is CCCSc1nc(NCC(C)C)c2cnn(CCNC(=O)c3ccc(C)c(C)c3)c2n1. The molecule has 3 rings (SSSR count). The number of aromatic nitrogens is 4. The van der Waals surface area contributed by atoms with Gasteiger partial charge >= 0.3 is 0 Å². The molecule has 7 nitrogen and oxygen atoms in total. The number of aryl methyl sites for hydroxylation is 2. The number of rotatable bonds is 10. The highest BCUT2D eigenvalue weighted by atomic mass is 32.2. The number of hydrogen-bond acceptors (Lipinski definition) is 6. The van der Waals surface area contributed by atoms with Crippen molar-refractivity contribution in [2.45, 2.75) is 52.7 Å². The number of carbonyl (C=O) groups excluding carboxylic acids is 1. The Morgan fingerprint density at radius 1 is 1.19 bits per heavy atom. The van der Waals surface area contributed by atoms with E-state index in [0.717, 1.165) is 46.3 Å². The summed E-state index contributed by atoms with van der Waals surface area (Å²) in [5, 5.41) is 12.6. The molecule has 0 spiro atoms. The molecule has 0 saturated heterocycles. The molecule has 0 aliphatic heterocycles. The fraction of sp³-hybridized carbons (Fsp3) is 0.478. The van der Waals surface area contributed by atoms with Crippen molar-refractivity contribution >= 4 is 34.5 Å². The number of nitrogens with one attached hydrogen (secondary N) is 2. The Labute approximate surface area is 188 Å². The van der Waals surface area contributed by atoms with Gasteiger partial charge in [0, 0.05) is 24.4 Å². The maximum Gasteiger partial charge on any atom is 0.251 e. The summed E-state index contributed by atoms with van der Waals surface area (Å²) in [4.78, 5) is 21.9. The molecular formula is C23H32N6OS. The molecule has 0 atom stereocenters. The van der Waals surface area contributed by atoms with Gasteiger partial charge in [0.1, 0.15) is 5.82 Å². The smallest absolute Gasteiger partial charge is 0.251 e. The maximum absolute atomic E-state index is 12.5. The van der Waals surface area contributed by atoms with Gasteiger partial charge in [-0.3, -0.25) is 4.79 Å². The summed E-state index contributed by atoms with van der Waals surface area (Å²) in [7, 11) is 0. The molecule has 3 aromatic rings. The van der Waals surface area contributed by atoms with E-state index in [1.54, 1.807) is 18.0 Å². The Hall–Kier alpha value is -2.61. The molecule has 8 heteroatoms. The van der Waals surface area contributed by atoms with Crippen molar-refractivity contribution in [1.29, 1.82) is 0 Å². The molecule has 2 aromatic heterocycles.